The number of likely N-dealkylation sites (N-methyl/N-ethyl adjacent to an activating group) is 1. The molecule has 4 aliphatic heterocycles. The SMILES string of the molecule is CC(C)C[C@H]1C(=O)N([C@@H](CC(C)C(C)CC[C@@H]2NCCN([C@@H](CC(C)C)C(=O)N3CCC(CC#N)CC3)C2=O)C(=O)N2CCC(Cc3nccn3C)CC2)CCN1C. The molecule has 13 nitrogen and oxygen atoms in total. The summed E-state index contributed by atoms with van der Waals surface area (Å²) in [6, 6.07) is 0.689. The molecule has 0 radical (unpaired) electrons. The van der Waals surface area contributed by atoms with Gasteiger partial charge in [-0.25, -0.2) is 4.98 Å². The Balaban J connectivity index is 1.23. The Bertz CT molecular complexity index is 1560. The molecule has 0 aliphatic carbocycles. The van der Waals surface area contributed by atoms with Crippen molar-refractivity contribution in [3.05, 3.63) is 18.2 Å². The molecule has 5 heterocycles. The first kappa shape index (κ1) is 45.6. The second-order valence-corrected chi connectivity index (χ2v) is 19.2. The number of nitrogens with zero attached hydrogens (tertiary/aromatic N) is 8. The number of hydrogen-bond acceptors (Lipinski definition) is 8. The highest BCUT2D eigenvalue weighted by Gasteiger charge is 2.43. The number of hydrogen-bond donors (Lipinski definition) is 1. The van der Waals surface area contributed by atoms with Gasteiger partial charge in [0.15, 0.2) is 0 Å². The van der Waals surface area contributed by atoms with Gasteiger partial charge in [-0.2, -0.15) is 5.26 Å². The summed E-state index contributed by atoms with van der Waals surface area (Å²) in [5, 5.41) is 12.6. The van der Waals surface area contributed by atoms with Crippen molar-refractivity contribution in [2.75, 3.05) is 59.4 Å². The van der Waals surface area contributed by atoms with Crippen LogP contribution in [0.3, 0.4) is 0 Å². The number of amides is 4. The van der Waals surface area contributed by atoms with Gasteiger partial charge in [-0.3, -0.25) is 24.1 Å². The van der Waals surface area contributed by atoms with Crippen molar-refractivity contribution in [1.82, 2.24) is 39.4 Å². The molecule has 1 aromatic heterocycles. The van der Waals surface area contributed by atoms with Crippen molar-refractivity contribution in [1.29, 1.82) is 5.26 Å². The lowest BCUT2D eigenvalue weighted by Gasteiger charge is -2.45. The third kappa shape index (κ3) is 11.6. The number of aromatic nitrogens is 2. The average Bonchev–Trinajstić information content (AvgIpc) is 3.60. The third-order valence-corrected chi connectivity index (χ3v) is 13.9. The Kier molecular flexibility index (Phi) is 16.6. The maximum Gasteiger partial charge on any atom is 0.245 e. The Morgan fingerprint density at radius 1 is 0.793 bits per heavy atom. The molecule has 4 saturated heterocycles. The Labute approximate surface area is 349 Å². The normalized spacial score (nSPS) is 24.0. The van der Waals surface area contributed by atoms with Gasteiger partial charge in [0.05, 0.1) is 18.2 Å². The molecule has 6 atom stereocenters. The highest BCUT2D eigenvalue weighted by atomic mass is 16.2. The van der Waals surface area contributed by atoms with Crippen LogP contribution in [0.15, 0.2) is 12.4 Å². The highest BCUT2D eigenvalue weighted by molar-refractivity contribution is 5.91. The fourth-order valence-corrected chi connectivity index (χ4v) is 9.82. The molecule has 4 aliphatic rings. The van der Waals surface area contributed by atoms with Gasteiger partial charge in [-0.05, 0) is 100 Å². The smallest absolute Gasteiger partial charge is 0.245 e. The van der Waals surface area contributed by atoms with Crippen molar-refractivity contribution in [2.24, 2.45) is 42.6 Å². The lowest BCUT2D eigenvalue weighted by molar-refractivity contribution is -0.154. The maximum absolute atomic E-state index is 14.6. The molecule has 4 amide bonds. The molecular formula is C45H75N9O4. The summed E-state index contributed by atoms with van der Waals surface area (Å²) in [6.45, 7) is 18.0. The first-order valence-electron chi connectivity index (χ1n) is 22.6. The second-order valence-electron chi connectivity index (χ2n) is 19.2. The van der Waals surface area contributed by atoms with Gasteiger partial charge >= 0.3 is 0 Å². The summed E-state index contributed by atoms with van der Waals surface area (Å²) in [4.78, 5) is 71.4. The largest absolute Gasteiger partial charge is 0.341 e. The number of aryl methyl sites for hydroxylation is 1. The summed E-state index contributed by atoms with van der Waals surface area (Å²) >= 11 is 0. The zero-order chi connectivity index (χ0) is 42.1. The van der Waals surface area contributed by atoms with Crippen LogP contribution in [0.4, 0.5) is 0 Å². The number of rotatable bonds is 17. The third-order valence-electron chi connectivity index (χ3n) is 13.9. The van der Waals surface area contributed by atoms with Crippen LogP contribution in [-0.4, -0.2) is 141 Å². The Hall–Kier alpha value is -3.50. The van der Waals surface area contributed by atoms with E-state index >= 15 is 0 Å². The number of carbonyl (C=O) groups excluding carboxylic acids is 4. The van der Waals surface area contributed by atoms with Gasteiger partial charge in [0.25, 0.3) is 0 Å². The van der Waals surface area contributed by atoms with E-state index in [-0.39, 0.29) is 53.5 Å². The van der Waals surface area contributed by atoms with Gasteiger partial charge in [-0.15, -0.1) is 0 Å². The maximum atomic E-state index is 14.6. The lowest BCUT2D eigenvalue weighted by Crippen LogP contribution is -2.62. The van der Waals surface area contributed by atoms with Crippen LogP contribution in [0, 0.1) is 46.8 Å². The van der Waals surface area contributed by atoms with E-state index in [0.29, 0.717) is 89.3 Å². The molecule has 5 rings (SSSR count). The number of imidazole rings is 1. The van der Waals surface area contributed by atoms with Crippen LogP contribution in [0.25, 0.3) is 0 Å². The number of likely N-dealkylation sites (tertiary alicyclic amines) is 2. The van der Waals surface area contributed by atoms with E-state index in [4.69, 9.17) is 5.26 Å². The lowest BCUT2D eigenvalue weighted by atomic mass is 9.84. The van der Waals surface area contributed by atoms with Gasteiger partial charge in [-0.1, -0.05) is 41.5 Å². The van der Waals surface area contributed by atoms with Gasteiger partial charge < -0.3 is 29.5 Å². The second kappa shape index (κ2) is 21.1. The molecule has 0 aromatic carbocycles. The van der Waals surface area contributed by atoms with Crippen molar-refractivity contribution < 1.29 is 19.2 Å². The van der Waals surface area contributed by atoms with E-state index in [2.05, 4.69) is 67.4 Å². The van der Waals surface area contributed by atoms with Crippen LogP contribution >= 0.6 is 0 Å². The van der Waals surface area contributed by atoms with Crippen LogP contribution < -0.4 is 5.32 Å². The van der Waals surface area contributed by atoms with Crippen LogP contribution in [0.1, 0.15) is 112 Å². The average molecular weight is 806 g/mol. The number of nitriles is 1. The van der Waals surface area contributed by atoms with Crippen molar-refractivity contribution >= 4 is 23.6 Å². The molecule has 4 fully saturated rings. The first-order valence-corrected chi connectivity index (χ1v) is 22.6. The fourth-order valence-electron chi connectivity index (χ4n) is 9.82. The molecule has 0 spiro atoms. The predicted molar refractivity (Wildman–Crippen MR) is 226 cm³/mol. The van der Waals surface area contributed by atoms with Crippen molar-refractivity contribution in [3.63, 3.8) is 0 Å². The molecule has 0 bridgehead atoms. The van der Waals surface area contributed by atoms with Gasteiger partial charge in [0.1, 0.15) is 17.9 Å². The van der Waals surface area contributed by atoms with Gasteiger partial charge in [0.2, 0.25) is 23.6 Å². The van der Waals surface area contributed by atoms with Crippen LogP contribution in [0.2, 0.25) is 0 Å². The Morgan fingerprint density at radius 2 is 1.40 bits per heavy atom. The zero-order valence-electron chi connectivity index (χ0n) is 37.1. The fraction of sp³-hybridized carbons (Fsp3) is 0.822. The molecule has 324 valence electrons. The standard InChI is InChI=1S/C45H75N9O4/c1-31(2)27-38-45(58)54(26-25-49(38)7)40(44(57)52-21-14-36(15-22-52)30-41-48-17-23-50(41)8)29-34(6)33(5)9-10-37-42(55)53(24-18-47-37)39(28-32(3)4)43(56)51-19-12-35(11-16-46)13-20-51/h17,23,31-40,47H,9-15,18-22,24-30H2,1-8H3/t33?,34?,37-,38-,39-,40-/m0/s1. The molecule has 0 saturated carbocycles. The number of piperazine rings is 2. The summed E-state index contributed by atoms with van der Waals surface area (Å²) < 4.78 is 2.08. The summed E-state index contributed by atoms with van der Waals surface area (Å²) in [5.74, 6) is 3.05. The quantitative estimate of drug-likeness (QED) is 0.242. The van der Waals surface area contributed by atoms with Crippen molar-refractivity contribution in [3.8, 4) is 6.07 Å². The van der Waals surface area contributed by atoms with Crippen LogP contribution in [-0.2, 0) is 32.6 Å². The van der Waals surface area contributed by atoms with E-state index in [1.165, 1.54) is 0 Å². The minimum absolute atomic E-state index is 0.00284. The van der Waals surface area contributed by atoms with Gasteiger partial charge in [0, 0.05) is 84.6 Å². The van der Waals surface area contributed by atoms with E-state index in [9.17, 15) is 19.2 Å². The van der Waals surface area contributed by atoms with Crippen molar-refractivity contribution in [2.45, 2.75) is 136 Å². The molecular weight excluding hydrogens is 731 g/mol. The molecule has 13 heteroatoms. The molecule has 1 aromatic rings. The van der Waals surface area contributed by atoms with E-state index in [0.717, 1.165) is 57.3 Å². The zero-order valence-corrected chi connectivity index (χ0v) is 37.1. The number of carbonyl (C=O) groups is 4. The number of piperidine rings is 2. The number of nitrogens with one attached hydrogen (secondary N) is 1. The first-order chi connectivity index (χ1) is 27.7. The van der Waals surface area contributed by atoms with E-state index < -0.39 is 12.1 Å². The Morgan fingerprint density at radius 3 is 1.97 bits per heavy atom. The molecule has 2 unspecified atom stereocenters. The highest BCUT2D eigenvalue weighted by Crippen LogP contribution is 2.31. The minimum atomic E-state index is -0.517. The monoisotopic (exact) mass is 806 g/mol. The van der Waals surface area contributed by atoms with Crippen LogP contribution in [0.5, 0.6) is 0 Å². The molecule has 1 N–H and O–H groups in total. The van der Waals surface area contributed by atoms with E-state index in [1.807, 2.05) is 46.1 Å². The summed E-state index contributed by atoms with van der Waals surface area (Å²) in [7, 11) is 4.06. The summed E-state index contributed by atoms with van der Waals surface area (Å²) in [6.07, 6.45) is 12.2. The minimum Gasteiger partial charge on any atom is -0.341 e. The predicted octanol–water partition coefficient (Wildman–Crippen LogP) is 4.57. The topological polar surface area (TPSA) is 138 Å². The molecule has 58 heavy (non-hydrogen) atoms. The summed E-state index contributed by atoms with van der Waals surface area (Å²) in [5.41, 5.74) is 0. The van der Waals surface area contributed by atoms with E-state index in [1.54, 1.807) is 0 Å².